The quantitative estimate of drug-likeness (QED) is 0.578. The second-order valence-electron chi connectivity index (χ2n) is 5.73. The van der Waals surface area contributed by atoms with Crippen LogP contribution < -0.4 is 16.0 Å². The SMILES string of the molecule is O=C(CNC(=O)Cc1ccccc1)NCCCN1CCNCC1. The van der Waals surface area contributed by atoms with E-state index in [9.17, 15) is 9.59 Å². The third kappa shape index (κ3) is 7.25. The van der Waals surface area contributed by atoms with Gasteiger partial charge in [0.05, 0.1) is 13.0 Å². The second-order valence-corrected chi connectivity index (χ2v) is 5.73. The second kappa shape index (κ2) is 9.97. The van der Waals surface area contributed by atoms with Crippen LogP contribution in [0.2, 0.25) is 0 Å². The van der Waals surface area contributed by atoms with Gasteiger partial charge in [-0.2, -0.15) is 0 Å². The molecule has 1 saturated heterocycles. The van der Waals surface area contributed by atoms with Gasteiger partial charge in [0, 0.05) is 32.7 Å². The minimum atomic E-state index is -0.133. The first-order chi connectivity index (χ1) is 11.2. The van der Waals surface area contributed by atoms with Gasteiger partial charge in [0.2, 0.25) is 11.8 Å². The normalized spacial score (nSPS) is 15.1. The monoisotopic (exact) mass is 318 g/mol. The molecule has 0 aromatic heterocycles. The zero-order valence-electron chi connectivity index (χ0n) is 13.5. The molecule has 1 aliphatic heterocycles. The summed E-state index contributed by atoms with van der Waals surface area (Å²) in [6.45, 7) is 5.92. The third-order valence-electron chi connectivity index (χ3n) is 3.84. The Hall–Kier alpha value is -1.92. The van der Waals surface area contributed by atoms with E-state index < -0.39 is 0 Å². The fourth-order valence-electron chi connectivity index (χ4n) is 2.55. The molecule has 1 aliphatic rings. The Morgan fingerprint density at radius 1 is 1.04 bits per heavy atom. The van der Waals surface area contributed by atoms with Crippen LogP contribution >= 0.6 is 0 Å². The molecule has 1 aromatic rings. The Bertz CT molecular complexity index is 487. The predicted molar refractivity (Wildman–Crippen MR) is 90.1 cm³/mol. The number of carbonyl (C=O) groups is 2. The van der Waals surface area contributed by atoms with E-state index in [4.69, 9.17) is 0 Å². The summed E-state index contributed by atoms with van der Waals surface area (Å²) < 4.78 is 0. The third-order valence-corrected chi connectivity index (χ3v) is 3.84. The van der Waals surface area contributed by atoms with E-state index in [-0.39, 0.29) is 18.4 Å². The van der Waals surface area contributed by atoms with Gasteiger partial charge in [0.25, 0.3) is 0 Å². The van der Waals surface area contributed by atoms with E-state index in [2.05, 4.69) is 20.9 Å². The lowest BCUT2D eigenvalue weighted by Gasteiger charge is -2.27. The summed E-state index contributed by atoms with van der Waals surface area (Å²) in [4.78, 5) is 25.8. The summed E-state index contributed by atoms with van der Waals surface area (Å²) in [7, 11) is 0. The topological polar surface area (TPSA) is 73.5 Å². The molecule has 1 fully saturated rings. The zero-order valence-corrected chi connectivity index (χ0v) is 13.5. The molecule has 0 bridgehead atoms. The molecule has 2 rings (SSSR count). The van der Waals surface area contributed by atoms with Crippen LogP contribution in [0.15, 0.2) is 30.3 Å². The summed E-state index contributed by atoms with van der Waals surface area (Å²) >= 11 is 0. The molecule has 0 unspecified atom stereocenters. The van der Waals surface area contributed by atoms with E-state index in [0.717, 1.165) is 44.7 Å². The number of carbonyl (C=O) groups excluding carboxylic acids is 2. The molecule has 0 spiro atoms. The van der Waals surface area contributed by atoms with E-state index >= 15 is 0 Å². The number of nitrogens with zero attached hydrogens (tertiary/aromatic N) is 1. The van der Waals surface area contributed by atoms with Crippen molar-refractivity contribution in [2.24, 2.45) is 0 Å². The van der Waals surface area contributed by atoms with Crippen LogP contribution in [0.4, 0.5) is 0 Å². The van der Waals surface area contributed by atoms with Crippen molar-refractivity contribution in [2.75, 3.05) is 45.8 Å². The highest BCUT2D eigenvalue weighted by Gasteiger charge is 2.09. The van der Waals surface area contributed by atoms with Crippen LogP contribution in [0.5, 0.6) is 0 Å². The van der Waals surface area contributed by atoms with Gasteiger partial charge in [0.15, 0.2) is 0 Å². The largest absolute Gasteiger partial charge is 0.355 e. The predicted octanol–water partition coefficient (Wildman–Crippen LogP) is -0.243. The van der Waals surface area contributed by atoms with Crippen molar-refractivity contribution in [2.45, 2.75) is 12.8 Å². The number of rotatable bonds is 8. The Morgan fingerprint density at radius 2 is 1.78 bits per heavy atom. The van der Waals surface area contributed by atoms with Gasteiger partial charge in [-0.1, -0.05) is 30.3 Å². The molecule has 0 radical (unpaired) electrons. The minimum absolute atomic E-state index is 0.0410. The molecule has 0 saturated carbocycles. The summed E-state index contributed by atoms with van der Waals surface area (Å²) in [5.41, 5.74) is 0.946. The summed E-state index contributed by atoms with van der Waals surface area (Å²) in [6.07, 6.45) is 1.24. The summed E-state index contributed by atoms with van der Waals surface area (Å²) in [6, 6.07) is 9.50. The number of nitrogens with one attached hydrogen (secondary N) is 3. The lowest BCUT2D eigenvalue weighted by molar-refractivity contribution is -0.125. The molecule has 1 aromatic carbocycles. The van der Waals surface area contributed by atoms with Crippen molar-refractivity contribution >= 4 is 11.8 Å². The lowest BCUT2D eigenvalue weighted by atomic mass is 10.1. The molecule has 6 nitrogen and oxygen atoms in total. The van der Waals surface area contributed by atoms with Crippen molar-refractivity contribution in [3.63, 3.8) is 0 Å². The van der Waals surface area contributed by atoms with Crippen molar-refractivity contribution in [3.8, 4) is 0 Å². The van der Waals surface area contributed by atoms with Crippen molar-refractivity contribution in [1.82, 2.24) is 20.9 Å². The Morgan fingerprint density at radius 3 is 2.52 bits per heavy atom. The van der Waals surface area contributed by atoms with E-state index in [0.29, 0.717) is 13.0 Å². The molecule has 126 valence electrons. The van der Waals surface area contributed by atoms with Crippen LogP contribution in [-0.4, -0.2) is 62.5 Å². The first kappa shape index (κ1) is 17.4. The lowest BCUT2D eigenvalue weighted by Crippen LogP contribution is -2.44. The molecule has 0 atom stereocenters. The van der Waals surface area contributed by atoms with Gasteiger partial charge in [-0.3, -0.25) is 9.59 Å². The molecular formula is C17H26N4O2. The van der Waals surface area contributed by atoms with Crippen LogP contribution in [0.3, 0.4) is 0 Å². The first-order valence-corrected chi connectivity index (χ1v) is 8.24. The maximum absolute atomic E-state index is 11.7. The fraction of sp³-hybridized carbons (Fsp3) is 0.529. The van der Waals surface area contributed by atoms with E-state index in [1.807, 2.05) is 30.3 Å². The Labute approximate surface area is 137 Å². The zero-order chi connectivity index (χ0) is 16.3. The van der Waals surface area contributed by atoms with Gasteiger partial charge in [0.1, 0.15) is 0 Å². The van der Waals surface area contributed by atoms with Crippen LogP contribution in [0.1, 0.15) is 12.0 Å². The molecule has 23 heavy (non-hydrogen) atoms. The number of benzene rings is 1. The maximum atomic E-state index is 11.7. The highest BCUT2D eigenvalue weighted by Crippen LogP contribution is 1.98. The summed E-state index contributed by atoms with van der Waals surface area (Å²) in [5.74, 6) is -0.265. The average molecular weight is 318 g/mol. The van der Waals surface area contributed by atoms with Crippen LogP contribution in [0, 0.1) is 0 Å². The van der Waals surface area contributed by atoms with Gasteiger partial charge in [-0.25, -0.2) is 0 Å². The highest BCUT2D eigenvalue weighted by atomic mass is 16.2. The van der Waals surface area contributed by atoms with E-state index in [1.165, 1.54) is 0 Å². The fourth-order valence-corrected chi connectivity index (χ4v) is 2.55. The average Bonchev–Trinajstić information content (AvgIpc) is 2.59. The molecule has 1 heterocycles. The van der Waals surface area contributed by atoms with Gasteiger partial charge < -0.3 is 20.9 Å². The highest BCUT2D eigenvalue weighted by molar-refractivity contribution is 5.85. The summed E-state index contributed by atoms with van der Waals surface area (Å²) in [5, 5.41) is 8.81. The number of hydrogen-bond donors (Lipinski definition) is 3. The van der Waals surface area contributed by atoms with Gasteiger partial charge in [-0.05, 0) is 18.5 Å². The first-order valence-electron chi connectivity index (χ1n) is 8.24. The molecule has 6 heteroatoms. The van der Waals surface area contributed by atoms with E-state index in [1.54, 1.807) is 0 Å². The standard InChI is InChI=1S/C17H26N4O2/c22-16(13-15-5-2-1-3-6-15)20-14-17(23)19-7-4-10-21-11-8-18-9-12-21/h1-3,5-6,18H,4,7-14H2,(H,19,23)(H,20,22). The Kier molecular flexibility index (Phi) is 7.56. The molecular weight excluding hydrogens is 292 g/mol. The van der Waals surface area contributed by atoms with Crippen molar-refractivity contribution in [3.05, 3.63) is 35.9 Å². The van der Waals surface area contributed by atoms with Crippen LogP contribution in [-0.2, 0) is 16.0 Å². The van der Waals surface area contributed by atoms with Crippen LogP contribution in [0.25, 0.3) is 0 Å². The van der Waals surface area contributed by atoms with Gasteiger partial charge >= 0.3 is 0 Å². The maximum Gasteiger partial charge on any atom is 0.239 e. The Balaban J connectivity index is 1.51. The number of amides is 2. The number of piperazine rings is 1. The molecule has 0 aliphatic carbocycles. The minimum Gasteiger partial charge on any atom is -0.355 e. The van der Waals surface area contributed by atoms with Crippen molar-refractivity contribution < 1.29 is 9.59 Å². The van der Waals surface area contributed by atoms with Crippen molar-refractivity contribution in [1.29, 1.82) is 0 Å². The smallest absolute Gasteiger partial charge is 0.239 e. The number of hydrogen-bond acceptors (Lipinski definition) is 4. The molecule has 3 N–H and O–H groups in total. The molecule has 2 amide bonds. The van der Waals surface area contributed by atoms with Gasteiger partial charge in [-0.15, -0.1) is 0 Å².